The Morgan fingerprint density at radius 1 is 1.37 bits per heavy atom. The van der Waals surface area contributed by atoms with Crippen LogP contribution in [0, 0.1) is 5.92 Å². The molecule has 0 aliphatic heterocycles. The Balaban J connectivity index is 1.85. The second kappa shape index (κ2) is 6.57. The van der Waals surface area contributed by atoms with Crippen LogP contribution in [0.3, 0.4) is 0 Å². The third kappa shape index (κ3) is 3.70. The number of hydrogen-bond acceptors (Lipinski definition) is 3. The van der Waals surface area contributed by atoms with Crippen LogP contribution in [0.1, 0.15) is 36.5 Å². The number of rotatable bonds is 5. The lowest BCUT2D eigenvalue weighted by Crippen LogP contribution is -2.32. The predicted octanol–water partition coefficient (Wildman–Crippen LogP) is 1.98. The molecule has 4 heteroatoms. The molecule has 19 heavy (non-hydrogen) atoms. The Morgan fingerprint density at radius 2 is 2.11 bits per heavy atom. The maximum absolute atomic E-state index is 11.9. The van der Waals surface area contributed by atoms with Gasteiger partial charge >= 0.3 is 0 Å². The van der Waals surface area contributed by atoms with Crippen LogP contribution in [0.4, 0.5) is 0 Å². The lowest BCUT2D eigenvalue weighted by atomic mass is 10.1. The molecule has 1 saturated carbocycles. The van der Waals surface area contributed by atoms with Crippen LogP contribution in [0.5, 0.6) is 5.75 Å². The number of aliphatic hydroxyl groups excluding tert-OH is 1. The topological polar surface area (TPSA) is 58.6 Å². The molecule has 0 heterocycles. The summed E-state index contributed by atoms with van der Waals surface area (Å²) in [5.41, 5.74) is 0.621. The molecule has 0 spiro atoms. The number of carbonyl (C=O) groups excluding carboxylic acids is 1. The zero-order valence-corrected chi connectivity index (χ0v) is 11.3. The van der Waals surface area contributed by atoms with Gasteiger partial charge in [-0.05, 0) is 44.0 Å². The van der Waals surface area contributed by atoms with Gasteiger partial charge in [0.15, 0.2) is 0 Å². The van der Waals surface area contributed by atoms with E-state index in [1.165, 1.54) is 0 Å². The molecule has 0 aromatic heterocycles. The summed E-state index contributed by atoms with van der Waals surface area (Å²) in [6.45, 7) is 3.09. The standard InChI is InChI=1S/C15H21NO3/c1-2-19-13-8-6-11(7-9-13)15(18)16-10-12-4-3-5-14(12)17/h6-9,12,14,17H,2-5,10H2,1H3,(H,16,18). The fourth-order valence-corrected chi connectivity index (χ4v) is 2.45. The van der Waals surface area contributed by atoms with Crippen LogP contribution in [0.15, 0.2) is 24.3 Å². The fraction of sp³-hybridized carbons (Fsp3) is 0.533. The van der Waals surface area contributed by atoms with Crippen LogP contribution in [0.25, 0.3) is 0 Å². The van der Waals surface area contributed by atoms with Gasteiger partial charge in [-0.15, -0.1) is 0 Å². The highest BCUT2D eigenvalue weighted by atomic mass is 16.5. The first-order valence-corrected chi connectivity index (χ1v) is 6.90. The zero-order valence-electron chi connectivity index (χ0n) is 11.3. The third-order valence-electron chi connectivity index (χ3n) is 3.57. The van der Waals surface area contributed by atoms with Crippen LogP contribution in [0.2, 0.25) is 0 Å². The van der Waals surface area contributed by atoms with Gasteiger partial charge in [0.05, 0.1) is 12.7 Å². The average molecular weight is 263 g/mol. The minimum Gasteiger partial charge on any atom is -0.494 e. The van der Waals surface area contributed by atoms with Gasteiger partial charge in [0.25, 0.3) is 5.91 Å². The monoisotopic (exact) mass is 263 g/mol. The minimum absolute atomic E-state index is 0.0952. The van der Waals surface area contributed by atoms with Crippen LogP contribution < -0.4 is 10.1 Å². The Morgan fingerprint density at radius 3 is 2.68 bits per heavy atom. The van der Waals surface area contributed by atoms with Crippen molar-refractivity contribution in [2.24, 2.45) is 5.92 Å². The van der Waals surface area contributed by atoms with Gasteiger partial charge in [0, 0.05) is 18.0 Å². The summed E-state index contributed by atoms with van der Waals surface area (Å²) in [7, 11) is 0. The number of carbonyl (C=O) groups is 1. The number of aliphatic hydroxyl groups is 1. The largest absolute Gasteiger partial charge is 0.494 e. The quantitative estimate of drug-likeness (QED) is 0.854. The molecule has 1 aromatic rings. The van der Waals surface area contributed by atoms with E-state index in [2.05, 4.69) is 5.32 Å². The predicted molar refractivity (Wildman–Crippen MR) is 73.3 cm³/mol. The number of hydrogen-bond donors (Lipinski definition) is 2. The highest BCUT2D eigenvalue weighted by molar-refractivity contribution is 5.94. The summed E-state index contributed by atoms with van der Waals surface area (Å²) < 4.78 is 5.33. The lowest BCUT2D eigenvalue weighted by Gasteiger charge is -2.15. The highest BCUT2D eigenvalue weighted by Crippen LogP contribution is 2.24. The van der Waals surface area contributed by atoms with E-state index in [-0.39, 0.29) is 17.9 Å². The molecule has 1 aliphatic rings. The molecule has 0 radical (unpaired) electrons. The first-order valence-electron chi connectivity index (χ1n) is 6.90. The van der Waals surface area contributed by atoms with E-state index in [0.29, 0.717) is 18.7 Å². The second-order valence-corrected chi connectivity index (χ2v) is 4.93. The lowest BCUT2D eigenvalue weighted by molar-refractivity contribution is 0.0917. The van der Waals surface area contributed by atoms with E-state index < -0.39 is 0 Å². The van der Waals surface area contributed by atoms with Crippen molar-refractivity contribution in [3.8, 4) is 5.75 Å². The summed E-state index contributed by atoms with van der Waals surface area (Å²) in [5, 5.41) is 12.6. The Kier molecular flexibility index (Phi) is 4.80. The normalized spacial score (nSPS) is 22.2. The summed E-state index contributed by atoms with van der Waals surface area (Å²) in [4.78, 5) is 11.9. The maximum atomic E-state index is 11.9. The molecule has 2 atom stereocenters. The van der Waals surface area contributed by atoms with Gasteiger partial charge in [0.1, 0.15) is 5.75 Å². The van der Waals surface area contributed by atoms with Gasteiger partial charge in [-0.25, -0.2) is 0 Å². The Hall–Kier alpha value is -1.55. The van der Waals surface area contributed by atoms with E-state index in [9.17, 15) is 9.90 Å². The van der Waals surface area contributed by atoms with Crippen molar-refractivity contribution >= 4 is 5.91 Å². The van der Waals surface area contributed by atoms with E-state index in [0.717, 1.165) is 25.0 Å². The molecule has 0 saturated heterocycles. The SMILES string of the molecule is CCOc1ccc(C(=O)NCC2CCCC2O)cc1. The van der Waals surface area contributed by atoms with Crippen LogP contribution in [-0.2, 0) is 0 Å². The van der Waals surface area contributed by atoms with Crippen molar-refractivity contribution in [2.75, 3.05) is 13.2 Å². The van der Waals surface area contributed by atoms with Crippen molar-refractivity contribution in [1.29, 1.82) is 0 Å². The average Bonchev–Trinajstić information content (AvgIpc) is 2.83. The van der Waals surface area contributed by atoms with Gasteiger partial charge in [-0.1, -0.05) is 6.42 Å². The van der Waals surface area contributed by atoms with Gasteiger partial charge in [0.2, 0.25) is 0 Å². The molecular formula is C15H21NO3. The smallest absolute Gasteiger partial charge is 0.251 e. The van der Waals surface area contributed by atoms with E-state index in [4.69, 9.17) is 4.74 Å². The zero-order chi connectivity index (χ0) is 13.7. The minimum atomic E-state index is -0.263. The van der Waals surface area contributed by atoms with E-state index in [1.807, 2.05) is 6.92 Å². The van der Waals surface area contributed by atoms with Gasteiger partial charge in [-0.2, -0.15) is 0 Å². The molecule has 4 nitrogen and oxygen atoms in total. The van der Waals surface area contributed by atoms with Crippen molar-refractivity contribution in [3.05, 3.63) is 29.8 Å². The number of benzene rings is 1. The summed E-state index contributed by atoms with van der Waals surface area (Å²) >= 11 is 0. The summed E-state index contributed by atoms with van der Waals surface area (Å²) in [6.07, 6.45) is 2.62. The first kappa shape index (κ1) is 13.9. The van der Waals surface area contributed by atoms with Crippen molar-refractivity contribution in [1.82, 2.24) is 5.32 Å². The molecule has 1 amide bonds. The number of amides is 1. The van der Waals surface area contributed by atoms with Crippen molar-refractivity contribution < 1.29 is 14.6 Å². The molecule has 2 rings (SSSR count). The molecule has 1 aliphatic carbocycles. The molecular weight excluding hydrogens is 242 g/mol. The van der Waals surface area contributed by atoms with E-state index in [1.54, 1.807) is 24.3 Å². The second-order valence-electron chi connectivity index (χ2n) is 4.93. The van der Waals surface area contributed by atoms with E-state index >= 15 is 0 Å². The molecule has 2 N–H and O–H groups in total. The number of ether oxygens (including phenoxy) is 1. The van der Waals surface area contributed by atoms with Crippen LogP contribution >= 0.6 is 0 Å². The van der Waals surface area contributed by atoms with Crippen molar-refractivity contribution in [2.45, 2.75) is 32.3 Å². The third-order valence-corrected chi connectivity index (χ3v) is 3.57. The summed E-state index contributed by atoms with van der Waals surface area (Å²) in [6, 6.07) is 7.10. The van der Waals surface area contributed by atoms with Crippen LogP contribution in [-0.4, -0.2) is 30.3 Å². The Bertz CT molecular complexity index is 416. The molecule has 1 aromatic carbocycles. The maximum Gasteiger partial charge on any atom is 0.251 e. The summed E-state index contributed by atoms with van der Waals surface area (Å²) in [5.74, 6) is 0.874. The highest BCUT2D eigenvalue weighted by Gasteiger charge is 2.25. The van der Waals surface area contributed by atoms with Crippen molar-refractivity contribution in [3.63, 3.8) is 0 Å². The van der Waals surface area contributed by atoms with Gasteiger partial charge < -0.3 is 15.2 Å². The molecule has 104 valence electrons. The fourth-order valence-electron chi connectivity index (χ4n) is 2.45. The molecule has 2 unspecified atom stereocenters. The molecule has 0 bridgehead atoms. The molecule has 1 fully saturated rings. The van der Waals surface area contributed by atoms with Gasteiger partial charge in [-0.3, -0.25) is 4.79 Å². The Labute approximate surface area is 113 Å². The first-order chi connectivity index (χ1) is 9.20. The number of nitrogens with one attached hydrogen (secondary N) is 1.